The van der Waals surface area contributed by atoms with Crippen LogP contribution in [0.1, 0.15) is 17.5 Å². The maximum Gasteiger partial charge on any atom is 0.226 e. The first kappa shape index (κ1) is 19.1. The summed E-state index contributed by atoms with van der Waals surface area (Å²) in [5.41, 5.74) is 1.78. The van der Waals surface area contributed by atoms with Crippen LogP contribution in [0, 0.1) is 0 Å². The molecule has 27 heavy (non-hydrogen) atoms. The number of hydrogen-bond donors (Lipinski definition) is 1. The molecule has 7 heteroatoms. The Morgan fingerprint density at radius 3 is 2.70 bits per heavy atom. The number of nitrogens with one attached hydrogen (secondary N) is 1. The molecule has 0 saturated heterocycles. The molecule has 0 aliphatic carbocycles. The van der Waals surface area contributed by atoms with Crippen LogP contribution in [-0.4, -0.2) is 43.5 Å². The highest BCUT2D eigenvalue weighted by Crippen LogP contribution is 2.26. The minimum Gasteiger partial charge on any atom is -0.497 e. The summed E-state index contributed by atoms with van der Waals surface area (Å²) in [6.45, 7) is 0.481. The van der Waals surface area contributed by atoms with Gasteiger partial charge >= 0.3 is 0 Å². The smallest absolute Gasteiger partial charge is 0.226 e. The van der Waals surface area contributed by atoms with E-state index >= 15 is 0 Å². The third-order valence-electron chi connectivity index (χ3n) is 4.22. The molecule has 2 heterocycles. The van der Waals surface area contributed by atoms with Gasteiger partial charge < -0.3 is 14.5 Å². The van der Waals surface area contributed by atoms with Gasteiger partial charge in [0.15, 0.2) is 0 Å². The second-order valence-corrected chi connectivity index (χ2v) is 7.21. The number of ether oxygens (including phenoxy) is 1. The molecule has 3 aromatic rings. The predicted molar refractivity (Wildman–Crippen MR) is 106 cm³/mol. The lowest BCUT2D eigenvalue weighted by Gasteiger charge is -2.22. The molecule has 2 aromatic heterocycles. The average Bonchev–Trinajstić information content (AvgIpc) is 3.34. The minimum atomic E-state index is -0.0556. The number of carbonyl (C=O) groups is 1. The highest BCUT2D eigenvalue weighted by Gasteiger charge is 2.18. The van der Waals surface area contributed by atoms with Crippen molar-refractivity contribution in [3.8, 4) is 16.3 Å². The van der Waals surface area contributed by atoms with E-state index in [1.807, 2.05) is 60.8 Å². The first-order chi connectivity index (χ1) is 13.1. The zero-order chi connectivity index (χ0) is 19.2. The number of amides is 1. The van der Waals surface area contributed by atoms with Gasteiger partial charge in [-0.3, -0.25) is 9.69 Å². The summed E-state index contributed by atoms with van der Waals surface area (Å²) in [5.74, 6) is 1.58. The van der Waals surface area contributed by atoms with Crippen LogP contribution in [-0.2, 0) is 11.2 Å². The Kier molecular flexibility index (Phi) is 6.26. The van der Waals surface area contributed by atoms with Gasteiger partial charge in [-0.25, -0.2) is 4.98 Å². The Labute approximate surface area is 162 Å². The Bertz CT molecular complexity index is 857. The van der Waals surface area contributed by atoms with Gasteiger partial charge in [-0.1, -0.05) is 0 Å². The number of benzene rings is 1. The van der Waals surface area contributed by atoms with Crippen molar-refractivity contribution in [2.24, 2.45) is 0 Å². The molecule has 0 radical (unpaired) electrons. The van der Waals surface area contributed by atoms with Crippen molar-refractivity contribution in [3.63, 3.8) is 0 Å². The lowest BCUT2D eigenvalue weighted by Crippen LogP contribution is -2.35. The van der Waals surface area contributed by atoms with Crippen LogP contribution in [0.3, 0.4) is 0 Å². The van der Waals surface area contributed by atoms with Crippen LogP contribution in [0.25, 0.3) is 10.6 Å². The van der Waals surface area contributed by atoms with Crippen LogP contribution in [0.5, 0.6) is 5.75 Å². The molecule has 0 aliphatic heterocycles. The van der Waals surface area contributed by atoms with E-state index in [9.17, 15) is 4.79 Å². The van der Waals surface area contributed by atoms with E-state index in [1.54, 1.807) is 13.4 Å². The molecule has 0 aliphatic rings. The van der Waals surface area contributed by atoms with Gasteiger partial charge in [0.05, 0.1) is 31.5 Å². The topological polar surface area (TPSA) is 67.6 Å². The van der Waals surface area contributed by atoms with Crippen LogP contribution < -0.4 is 10.1 Å². The molecule has 0 fully saturated rings. The molecule has 0 bridgehead atoms. The molecule has 1 N–H and O–H groups in total. The van der Waals surface area contributed by atoms with Crippen molar-refractivity contribution in [1.29, 1.82) is 0 Å². The monoisotopic (exact) mass is 385 g/mol. The summed E-state index contributed by atoms with van der Waals surface area (Å²) >= 11 is 1.53. The summed E-state index contributed by atoms with van der Waals surface area (Å²) < 4.78 is 10.6. The number of hydrogen-bond acceptors (Lipinski definition) is 6. The lowest BCUT2D eigenvalue weighted by molar-refractivity contribution is -0.120. The van der Waals surface area contributed by atoms with Crippen molar-refractivity contribution in [2.45, 2.75) is 12.5 Å². The molecule has 1 unspecified atom stereocenters. The summed E-state index contributed by atoms with van der Waals surface area (Å²) in [6.07, 6.45) is 1.90. The number of methoxy groups -OCH3 is 1. The summed E-state index contributed by atoms with van der Waals surface area (Å²) in [6, 6.07) is 11.5. The van der Waals surface area contributed by atoms with Gasteiger partial charge in [0.1, 0.15) is 16.5 Å². The number of nitrogens with zero attached hydrogens (tertiary/aromatic N) is 2. The van der Waals surface area contributed by atoms with E-state index in [4.69, 9.17) is 9.15 Å². The first-order valence-corrected chi connectivity index (χ1v) is 9.50. The number of carbonyl (C=O) groups excluding carboxylic acids is 1. The number of furan rings is 1. The Hall–Kier alpha value is -2.64. The summed E-state index contributed by atoms with van der Waals surface area (Å²) in [5, 5.41) is 5.79. The first-order valence-electron chi connectivity index (χ1n) is 8.62. The quantitative estimate of drug-likeness (QED) is 0.644. The van der Waals surface area contributed by atoms with E-state index in [-0.39, 0.29) is 18.4 Å². The van der Waals surface area contributed by atoms with Crippen molar-refractivity contribution in [3.05, 3.63) is 59.5 Å². The number of likely N-dealkylation sites (N-methyl/N-ethyl adjacent to an activating group) is 1. The summed E-state index contributed by atoms with van der Waals surface area (Å²) in [7, 11) is 5.56. The SMILES string of the molecule is COc1ccc(-c2nc(CC(=O)NCC(c3ccco3)N(C)C)cs2)cc1. The zero-order valence-electron chi connectivity index (χ0n) is 15.6. The molecule has 142 valence electrons. The molecule has 1 atom stereocenters. The largest absolute Gasteiger partial charge is 0.497 e. The Morgan fingerprint density at radius 1 is 1.30 bits per heavy atom. The number of aromatic nitrogens is 1. The summed E-state index contributed by atoms with van der Waals surface area (Å²) in [4.78, 5) is 18.9. The van der Waals surface area contributed by atoms with Gasteiger partial charge in [0.2, 0.25) is 5.91 Å². The van der Waals surface area contributed by atoms with E-state index in [2.05, 4.69) is 10.3 Å². The maximum absolute atomic E-state index is 12.3. The van der Waals surface area contributed by atoms with Crippen molar-refractivity contribution in [2.75, 3.05) is 27.7 Å². The standard InChI is InChI=1S/C20H23N3O3S/c1-23(2)17(18-5-4-10-26-18)12-21-19(24)11-15-13-27-20(22-15)14-6-8-16(25-3)9-7-14/h4-10,13,17H,11-12H2,1-3H3,(H,21,24). The van der Waals surface area contributed by atoms with Crippen LogP contribution in [0.4, 0.5) is 0 Å². The van der Waals surface area contributed by atoms with Crippen molar-refractivity contribution >= 4 is 17.2 Å². The molecule has 1 aromatic carbocycles. The number of thiazole rings is 1. The fourth-order valence-electron chi connectivity index (χ4n) is 2.71. The highest BCUT2D eigenvalue weighted by molar-refractivity contribution is 7.13. The molecule has 1 amide bonds. The van der Waals surface area contributed by atoms with Crippen LogP contribution >= 0.6 is 11.3 Å². The van der Waals surface area contributed by atoms with Gasteiger partial charge in [0.25, 0.3) is 0 Å². The fraction of sp³-hybridized carbons (Fsp3) is 0.300. The highest BCUT2D eigenvalue weighted by atomic mass is 32.1. The maximum atomic E-state index is 12.3. The van der Waals surface area contributed by atoms with Crippen molar-refractivity contribution < 1.29 is 13.9 Å². The van der Waals surface area contributed by atoms with Crippen LogP contribution in [0.2, 0.25) is 0 Å². The second kappa shape index (κ2) is 8.83. The van der Waals surface area contributed by atoms with Gasteiger partial charge in [-0.15, -0.1) is 11.3 Å². The third-order valence-corrected chi connectivity index (χ3v) is 5.16. The van der Waals surface area contributed by atoms with E-state index in [0.29, 0.717) is 6.54 Å². The van der Waals surface area contributed by atoms with Crippen LogP contribution in [0.15, 0.2) is 52.5 Å². The van der Waals surface area contributed by atoms with Gasteiger partial charge in [-0.2, -0.15) is 0 Å². The average molecular weight is 385 g/mol. The molecule has 3 rings (SSSR count). The zero-order valence-corrected chi connectivity index (χ0v) is 16.5. The van der Waals surface area contributed by atoms with Crippen molar-refractivity contribution in [1.82, 2.24) is 15.2 Å². The second-order valence-electron chi connectivity index (χ2n) is 6.35. The molecule has 0 spiro atoms. The Morgan fingerprint density at radius 2 is 2.07 bits per heavy atom. The molecule has 6 nitrogen and oxygen atoms in total. The molecule has 0 saturated carbocycles. The number of rotatable bonds is 8. The van der Waals surface area contributed by atoms with Gasteiger partial charge in [0, 0.05) is 17.5 Å². The van der Waals surface area contributed by atoms with E-state index < -0.39 is 0 Å². The lowest BCUT2D eigenvalue weighted by atomic mass is 10.2. The van der Waals surface area contributed by atoms with E-state index in [0.717, 1.165) is 27.8 Å². The van der Waals surface area contributed by atoms with Gasteiger partial charge in [-0.05, 0) is 50.5 Å². The normalized spacial score (nSPS) is 12.1. The molecular weight excluding hydrogens is 362 g/mol. The Balaban J connectivity index is 1.57. The minimum absolute atomic E-state index is 0.00533. The van der Waals surface area contributed by atoms with E-state index in [1.165, 1.54) is 11.3 Å². The molecular formula is C20H23N3O3S. The third kappa shape index (κ3) is 4.96. The fourth-order valence-corrected chi connectivity index (χ4v) is 3.54. The predicted octanol–water partition coefficient (Wildman–Crippen LogP) is 3.37.